The average molecular weight is 517 g/mol. The summed E-state index contributed by atoms with van der Waals surface area (Å²) in [6.07, 6.45) is 5.49. The fraction of sp³-hybridized carbons (Fsp3) is 0.483. The van der Waals surface area contributed by atoms with E-state index in [-0.39, 0.29) is 5.91 Å². The van der Waals surface area contributed by atoms with Crippen LogP contribution in [0.5, 0.6) is 11.6 Å². The highest BCUT2D eigenvalue weighted by Gasteiger charge is 2.28. The van der Waals surface area contributed by atoms with Crippen molar-refractivity contribution in [3.8, 4) is 23.1 Å². The molecule has 0 atom stereocenters. The van der Waals surface area contributed by atoms with Gasteiger partial charge in [0, 0.05) is 43.7 Å². The lowest BCUT2D eigenvalue weighted by molar-refractivity contribution is 0.0687. The van der Waals surface area contributed by atoms with Crippen molar-refractivity contribution in [1.82, 2.24) is 24.0 Å². The molecule has 1 aliphatic carbocycles. The molecular formula is C29H36N6O3. The lowest BCUT2D eigenvalue weighted by atomic mass is 9.93. The van der Waals surface area contributed by atoms with Crippen molar-refractivity contribution in [2.24, 2.45) is 24.6 Å². The van der Waals surface area contributed by atoms with Crippen molar-refractivity contribution < 1.29 is 14.3 Å². The second-order valence-corrected chi connectivity index (χ2v) is 10.7. The molecule has 38 heavy (non-hydrogen) atoms. The maximum absolute atomic E-state index is 13.5. The van der Waals surface area contributed by atoms with Gasteiger partial charge in [0.25, 0.3) is 5.91 Å². The minimum atomic E-state index is 0.0303. The summed E-state index contributed by atoms with van der Waals surface area (Å²) in [5.74, 6) is 3.36. The summed E-state index contributed by atoms with van der Waals surface area (Å²) in [6, 6.07) is 9.85. The Hall–Kier alpha value is -3.59. The highest BCUT2D eigenvalue weighted by molar-refractivity contribution is 6.00. The van der Waals surface area contributed by atoms with Crippen molar-refractivity contribution >= 4 is 28.0 Å². The smallest absolute Gasteiger partial charge is 0.254 e. The number of amides is 1. The SMILES string of the molecule is COc1ccc2cc(-c3nc4cc(C(=O)N5CCC(CCN)CC5)cc(OC)c4n3C)n(CC3CC3)c2n1. The third-order valence-corrected chi connectivity index (χ3v) is 8.17. The number of carbonyl (C=O) groups excluding carboxylic acids is 1. The minimum absolute atomic E-state index is 0.0303. The molecular weight excluding hydrogens is 480 g/mol. The first-order valence-corrected chi connectivity index (χ1v) is 13.6. The van der Waals surface area contributed by atoms with Crippen molar-refractivity contribution in [1.29, 1.82) is 0 Å². The van der Waals surface area contributed by atoms with Crippen molar-refractivity contribution in [2.75, 3.05) is 33.9 Å². The van der Waals surface area contributed by atoms with Gasteiger partial charge in [-0.05, 0) is 74.8 Å². The number of rotatable bonds is 8. The molecule has 0 radical (unpaired) electrons. The number of aryl methyl sites for hydroxylation is 1. The van der Waals surface area contributed by atoms with Crippen LogP contribution in [0.15, 0.2) is 30.3 Å². The van der Waals surface area contributed by atoms with Crippen LogP contribution in [0, 0.1) is 11.8 Å². The van der Waals surface area contributed by atoms with Crippen LogP contribution in [0.1, 0.15) is 42.5 Å². The standard InChI is InChI=1S/C29H36N6O3/c1-33-26-22(14-21(16-24(26)37-2)29(36)34-12-9-18(8-11-30)10-13-34)31-28(33)23-15-20-6-7-25(38-3)32-27(20)35(23)17-19-4-5-19/h6-7,14-16,18-19H,4-5,8-13,17,30H2,1-3H3. The number of hydrogen-bond donors (Lipinski definition) is 1. The van der Waals surface area contributed by atoms with E-state index < -0.39 is 0 Å². The monoisotopic (exact) mass is 516 g/mol. The van der Waals surface area contributed by atoms with Crippen LogP contribution in [0.3, 0.4) is 0 Å². The summed E-state index contributed by atoms with van der Waals surface area (Å²) in [6.45, 7) is 3.12. The van der Waals surface area contributed by atoms with Gasteiger partial charge < -0.3 is 29.2 Å². The normalized spacial score (nSPS) is 16.5. The number of nitrogens with two attached hydrogens (primary N) is 1. The van der Waals surface area contributed by atoms with Gasteiger partial charge in [0.1, 0.15) is 16.9 Å². The first kappa shape index (κ1) is 24.7. The molecule has 1 aromatic carbocycles. The molecule has 2 N–H and O–H groups in total. The topological polar surface area (TPSA) is 100 Å². The number of likely N-dealkylation sites (tertiary alicyclic amines) is 1. The second kappa shape index (κ2) is 9.94. The number of imidazole rings is 1. The van der Waals surface area contributed by atoms with E-state index in [9.17, 15) is 4.79 Å². The van der Waals surface area contributed by atoms with Crippen LogP contribution in [0.4, 0.5) is 0 Å². The van der Waals surface area contributed by atoms with Gasteiger partial charge in [-0.1, -0.05) is 0 Å². The average Bonchev–Trinajstić information content (AvgIpc) is 3.62. The third kappa shape index (κ3) is 4.38. The molecule has 2 aliphatic rings. The highest BCUT2D eigenvalue weighted by atomic mass is 16.5. The van der Waals surface area contributed by atoms with E-state index in [2.05, 4.69) is 15.2 Å². The number of methoxy groups -OCH3 is 2. The van der Waals surface area contributed by atoms with Crippen molar-refractivity contribution in [3.05, 3.63) is 35.9 Å². The van der Waals surface area contributed by atoms with Crippen LogP contribution >= 0.6 is 0 Å². The summed E-state index contributed by atoms with van der Waals surface area (Å²) in [7, 11) is 5.29. The number of aromatic nitrogens is 4. The third-order valence-electron chi connectivity index (χ3n) is 8.17. The first-order valence-electron chi connectivity index (χ1n) is 13.6. The molecule has 1 amide bonds. The highest BCUT2D eigenvalue weighted by Crippen LogP contribution is 2.38. The molecule has 6 rings (SSSR count). The number of hydrogen-bond acceptors (Lipinski definition) is 6. The van der Waals surface area contributed by atoms with Gasteiger partial charge in [-0.3, -0.25) is 4.79 Å². The van der Waals surface area contributed by atoms with E-state index in [0.717, 1.165) is 72.5 Å². The zero-order valence-corrected chi connectivity index (χ0v) is 22.4. The largest absolute Gasteiger partial charge is 0.494 e. The molecule has 2 fully saturated rings. The van der Waals surface area contributed by atoms with Crippen LogP contribution in [-0.2, 0) is 13.6 Å². The quantitative estimate of drug-likeness (QED) is 0.376. The maximum atomic E-state index is 13.5. The molecule has 1 aliphatic heterocycles. The Morgan fingerprint density at radius 3 is 2.50 bits per heavy atom. The molecule has 4 heterocycles. The molecule has 0 spiro atoms. The molecule has 1 saturated carbocycles. The van der Waals surface area contributed by atoms with E-state index in [1.165, 1.54) is 12.8 Å². The van der Waals surface area contributed by atoms with E-state index in [1.807, 2.05) is 36.2 Å². The van der Waals surface area contributed by atoms with Gasteiger partial charge in [0.2, 0.25) is 5.88 Å². The van der Waals surface area contributed by atoms with Crippen LogP contribution in [0.25, 0.3) is 33.6 Å². The fourth-order valence-electron chi connectivity index (χ4n) is 5.81. The zero-order valence-electron chi connectivity index (χ0n) is 22.4. The number of carbonyl (C=O) groups is 1. The Balaban J connectivity index is 1.40. The van der Waals surface area contributed by atoms with E-state index in [0.29, 0.717) is 35.6 Å². The second-order valence-electron chi connectivity index (χ2n) is 10.7. The minimum Gasteiger partial charge on any atom is -0.494 e. The number of fused-ring (bicyclic) bond motifs is 2. The molecule has 3 aromatic heterocycles. The summed E-state index contributed by atoms with van der Waals surface area (Å²) in [4.78, 5) is 25.3. The van der Waals surface area contributed by atoms with Gasteiger partial charge in [-0.15, -0.1) is 0 Å². The van der Waals surface area contributed by atoms with Crippen molar-refractivity contribution in [3.63, 3.8) is 0 Å². The van der Waals surface area contributed by atoms with Crippen LogP contribution < -0.4 is 15.2 Å². The van der Waals surface area contributed by atoms with E-state index >= 15 is 0 Å². The van der Waals surface area contributed by atoms with Gasteiger partial charge in [-0.25, -0.2) is 4.98 Å². The number of pyridine rings is 1. The Bertz CT molecular complexity index is 1490. The van der Waals surface area contributed by atoms with E-state index in [1.54, 1.807) is 14.2 Å². The fourth-order valence-corrected chi connectivity index (χ4v) is 5.81. The van der Waals surface area contributed by atoms with E-state index in [4.69, 9.17) is 25.2 Å². The van der Waals surface area contributed by atoms with Gasteiger partial charge in [0.05, 0.1) is 25.4 Å². The lowest BCUT2D eigenvalue weighted by Crippen LogP contribution is -2.38. The summed E-state index contributed by atoms with van der Waals surface area (Å²) in [5.41, 5.74) is 9.88. The molecule has 200 valence electrons. The van der Waals surface area contributed by atoms with Gasteiger partial charge in [0.15, 0.2) is 5.82 Å². The molecule has 9 heteroatoms. The molecule has 1 saturated heterocycles. The number of piperidine rings is 1. The number of nitrogens with zero attached hydrogens (tertiary/aromatic N) is 5. The Kier molecular flexibility index (Phi) is 6.47. The Morgan fingerprint density at radius 1 is 1.03 bits per heavy atom. The Labute approximate surface area is 222 Å². The van der Waals surface area contributed by atoms with Crippen LogP contribution in [0.2, 0.25) is 0 Å². The lowest BCUT2D eigenvalue weighted by Gasteiger charge is -2.32. The number of benzene rings is 1. The molecule has 0 bridgehead atoms. The Morgan fingerprint density at radius 2 is 1.82 bits per heavy atom. The summed E-state index contributed by atoms with van der Waals surface area (Å²) in [5, 5.41) is 1.05. The summed E-state index contributed by atoms with van der Waals surface area (Å²) >= 11 is 0. The summed E-state index contributed by atoms with van der Waals surface area (Å²) < 4.78 is 15.5. The van der Waals surface area contributed by atoms with Crippen LogP contribution in [-0.4, -0.2) is 63.8 Å². The molecule has 0 unspecified atom stereocenters. The molecule has 9 nitrogen and oxygen atoms in total. The number of ether oxygens (including phenoxy) is 2. The molecule has 4 aromatic rings. The maximum Gasteiger partial charge on any atom is 0.254 e. The zero-order chi connectivity index (χ0) is 26.4. The van der Waals surface area contributed by atoms with Crippen molar-refractivity contribution in [2.45, 2.75) is 38.6 Å². The predicted molar refractivity (Wildman–Crippen MR) is 148 cm³/mol. The first-order chi connectivity index (χ1) is 18.5. The van der Waals surface area contributed by atoms with Gasteiger partial charge >= 0.3 is 0 Å². The predicted octanol–water partition coefficient (Wildman–Crippen LogP) is 4.22. The van der Waals surface area contributed by atoms with Gasteiger partial charge in [-0.2, -0.15) is 4.98 Å².